The smallest absolute Gasteiger partial charge is 0.332 e. The van der Waals surface area contributed by atoms with Gasteiger partial charge in [0, 0.05) is 0 Å². The summed E-state index contributed by atoms with van der Waals surface area (Å²) >= 11 is 0. The van der Waals surface area contributed by atoms with Crippen LogP contribution in [0.5, 0.6) is 11.5 Å². The SMILES string of the molecule is COc1cc(CCC[C@H](O)C(=O)O)ccc1OCc1nc(-c2ccco2)oc1C. The van der Waals surface area contributed by atoms with Crippen molar-refractivity contribution < 1.29 is 33.3 Å². The topological polar surface area (TPSA) is 115 Å². The fourth-order valence-corrected chi connectivity index (χ4v) is 2.82. The van der Waals surface area contributed by atoms with Crippen LogP contribution in [0.15, 0.2) is 45.4 Å². The summed E-state index contributed by atoms with van der Waals surface area (Å²) in [5.74, 6) is 1.51. The highest BCUT2D eigenvalue weighted by Gasteiger charge is 2.16. The molecule has 8 heteroatoms. The van der Waals surface area contributed by atoms with Crippen LogP contribution in [0.4, 0.5) is 0 Å². The normalized spacial score (nSPS) is 12.0. The van der Waals surface area contributed by atoms with Crippen LogP contribution in [0.1, 0.15) is 29.9 Å². The highest BCUT2D eigenvalue weighted by molar-refractivity contribution is 5.71. The molecule has 0 saturated carbocycles. The van der Waals surface area contributed by atoms with E-state index in [1.165, 1.54) is 0 Å². The van der Waals surface area contributed by atoms with Crippen LogP contribution in [-0.2, 0) is 17.8 Å². The summed E-state index contributed by atoms with van der Waals surface area (Å²) in [4.78, 5) is 15.1. The Balaban J connectivity index is 1.62. The van der Waals surface area contributed by atoms with E-state index in [0.717, 1.165) is 5.56 Å². The molecular weight excluding hydrogens is 378 g/mol. The lowest BCUT2D eigenvalue weighted by molar-refractivity contribution is -0.146. The monoisotopic (exact) mass is 401 g/mol. The Morgan fingerprint density at radius 2 is 2.10 bits per heavy atom. The molecule has 0 spiro atoms. The summed E-state index contributed by atoms with van der Waals surface area (Å²) in [6.45, 7) is 2.01. The number of aliphatic hydroxyl groups is 1. The first-order valence-electron chi connectivity index (χ1n) is 9.18. The summed E-state index contributed by atoms with van der Waals surface area (Å²) in [6.07, 6.45) is 1.58. The van der Waals surface area contributed by atoms with Crippen LogP contribution in [0.2, 0.25) is 0 Å². The first-order chi connectivity index (χ1) is 14.0. The number of nitrogens with zero attached hydrogens (tertiary/aromatic N) is 1. The van der Waals surface area contributed by atoms with Crippen molar-refractivity contribution in [1.82, 2.24) is 4.98 Å². The Labute approximate surface area is 167 Å². The number of hydrogen-bond acceptors (Lipinski definition) is 7. The van der Waals surface area contributed by atoms with E-state index in [4.69, 9.17) is 23.4 Å². The van der Waals surface area contributed by atoms with Crippen LogP contribution in [-0.4, -0.2) is 34.4 Å². The van der Waals surface area contributed by atoms with Gasteiger partial charge in [-0.15, -0.1) is 0 Å². The molecule has 0 aliphatic carbocycles. The van der Waals surface area contributed by atoms with Crippen molar-refractivity contribution in [2.24, 2.45) is 0 Å². The zero-order chi connectivity index (χ0) is 20.8. The molecule has 1 aromatic carbocycles. The third-order valence-electron chi connectivity index (χ3n) is 4.45. The molecule has 8 nitrogen and oxygen atoms in total. The maximum absolute atomic E-state index is 10.7. The minimum Gasteiger partial charge on any atom is -0.493 e. The Morgan fingerprint density at radius 3 is 2.79 bits per heavy atom. The lowest BCUT2D eigenvalue weighted by Crippen LogP contribution is -2.19. The summed E-state index contributed by atoms with van der Waals surface area (Å²) in [6, 6.07) is 9.05. The molecule has 2 heterocycles. The van der Waals surface area contributed by atoms with E-state index in [1.807, 2.05) is 19.1 Å². The van der Waals surface area contributed by atoms with Crippen LogP contribution >= 0.6 is 0 Å². The van der Waals surface area contributed by atoms with Gasteiger partial charge in [-0.1, -0.05) is 6.07 Å². The molecule has 3 aromatic rings. The zero-order valence-corrected chi connectivity index (χ0v) is 16.3. The van der Waals surface area contributed by atoms with Gasteiger partial charge in [-0.05, 0) is 56.0 Å². The molecule has 0 fully saturated rings. The average Bonchev–Trinajstić information content (AvgIpc) is 3.36. The van der Waals surface area contributed by atoms with Gasteiger partial charge in [-0.25, -0.2) is 9.78 Å². The van der Waals surface area contributed by atoms with E-state index >= 15 is 0 Å². The van der Waals surface area contributed by atoms with Gasteiger partial charge in [0.1, 0.15) is 18.1 Å². The van der Waals surface area contributed by atoms with E-state index in [0.29, 0.717) is 47.4 Å². The van der Waals surface area contributed by atoms with Crippen LogP contribution in [0, 0.1) is 6.92 Å². The number of furan rings is 1. The largest absolute Gasteiger partial charge is 0.493 e. The molecule has 0 aliphatic rings. The van der Waals surface area contributed by atoms with Gasteiger partial charge in [-0.2, -0.15) is 0 Å². The molecular formula is C21H23NO7. The van der Waals surface area contributed by atoms with Crippen molar-refractivity contribution in [3.8, 4) is 23.1 Å². The molecule has 0 radical (unpaired) electrons. The van der Waals surface area contributed by atoms with E-state index in [9.17, 15) is 9.90 Å². The lowest BCUT2D eigenvalue weighted by atomic mass is 10.1. The zero-order valence-electron chi connectivity index (χ0n) is 16.3. The van der Waals surface area contributed by atoms with Gasteiger partial charge in [-0.3, -0.25) is 0 Å². The molecule has 0 unspecified atom stereocenters. The second-order valence-corrected chi connectivity index (χ2v) is 6.52. The quantitative estimate of drug-likeness (QED) is 0.529. The number of hydrogen-bond donors (Lipinski definition) is 2. The minimum atomic E-state index is -1.34. The van der Waals surface area contributed by atoms with Gasteiger partial charge in [0.25, 0.3) is 5.89 Å². The Kier molecular flexibility index (Phi) is 6.56. The number of aryl methyl sites for hydroxylation is 2. The number of rotatable bonds is 10. The maximum Gasteiger partial charge on any atom is 0.332 e. The third-order valence-corrected chi connectivity index (χ3v) is 4.45. The van der Waals surface area contributed by atoms with Crippen molar-refractivity contribution in [3.63, 3.8) is 0 Å². The summed E-state index contributed by atoms with van der Waals surface area (Å²) in [5.41, 5.74) is 1.62. The maximum atomic E-state index is 10.7. The van der Waals surface area contributed by atoms with Crippen molar-refractivity contribution in [2.45, 2.75) is 38.9 Å². The molecule has 154 valence electrons. The van der Waals surface area contributed by atoms with E-state index < -0.39 is 12.1 Å². The van der Waals surface area contributed by atoms with Crippen molar-refractivity contribution >= 4 is 5.97 Å². The Morgan fingerprint density at radius 1 is 1.28 bits per heavy atom. The van der Waals surface area contributed by atoms with E-state index in [-0.39, 0.29) is 13.0 Å². The van der Waals surface area contributed by atoms with Crippen molar-refractivity contribution in [1.29, 1.82) is 0 Å². The molecule has 0 saturated heterocycles. The number of benzene rings is 1. The van der Waals surface area contributed by atoms with E-state index in [2.05, 4.69) is 4.98 Å². The van der Waals surface area contributed by atoms with Gasteiger partial charge in [0.15, 0.2) is 23.4 Å². The second-order valence-electron chi connectivity index (χ2n) is 6.52. The van der Waals surface area contributed by atoms with Gasteiger partial charge < -0.3 is 28.5 Å². The first-order valence-corrected chi connectivity index (χ1v) is 9.18. The Hall–Kier alpha value is -3.26. The number of methoxy groups -OCH3 is 1. The lowest BCUT2D eigenvalue weighted by Gasteiger charge is -2.12. The number of aliphatic hydroxyl groups excluding tert-OH is 1. The molecule has 0 aliphatic heterocycles. The standard InChI is InChI=1S/C21H23NO7/c1-13-15(22-20(29-13)18-7-4-10-27-18)12-28-17-9-8-14(11-19(17)26-2)5-3-6-16(23)21(24)25/h4,7-11,16,23H,3,5-6,12H2,1-2H3,(H,24,25)/t16-/m0/s1. The second kappa shape index (κ2) is 9.29. The molecule has 1 atom stereocenters. The number of carboxylic acids is 1. The predicted molar refractivity (Wildman–Crippen MR) is 103 cm³/mol. The number of aromatic nitrogens is 1. The first kappa shape index (κ1) is 20.5. The average molecular weight is 401 g/mol. The molecule has 2 aromatic heterocycles. The molecule has 0 bridgehead atoms. The Bertz CT molecular complexity index is 946. The van der Waals surface area contributed by atoms with Crippen molar-refractivity contribution in [3.05, 3.63) is 53.6 Å². The molecule has 29 heavy (non-hydrogen) atoms. The van der Waals surface area contributed by atoms with Crippen molar-refractivity contribution in [2.75, 3.05) is 7.11 Å². The highest BCUT2D eigenvalue weighted by Crippen LogP contribution is 2.30. The fraction of sp³-hybridized carbons (Fsp3) is 0.333. The molecule has 3 rings (SSSR count). The number of aliphatic carboxylic acids is 1. The number of carboxylic acid groups (broad SMARTS) is 1. The fourth-order valence-electron chi connectivity index (χ4n) is 2.82. The third kappa shape index (κ3) is 5.17. The predicted octanol–water partition coefficient (Wildman–Crippen LogP) is 3.60. The van der Waals surface area contributed by atoms with Gasteiger partial charge >= 0.3 is 5.97 Å². The number of oxazole rings is 1. The van der Waals surface area contributed by atoms with Crippen LogP contribution < -0.4 is 9.47 Å². The summed E-state index contributed by atoms with van der Waals surface area (Å²) < 4.78 is 22.2. The number of carbonyl (C=O) groups is 1. The molecule has 0 amide bonds. The highest BCUT2D eigenvalue weighted by atomic mass is 16.5. The minimum absolute atomic E-state index is 0.194. The van der Waals surface area contributed by atoms with Gasteiger partial charge in [0.2, 0.25) is 0 Å². The molecule has 2 N–H and O–H groups in total. The van der Waals surface area contributed by atoms with Crippen LogP contribution in [0.25, 0.3) is 11.7 Å². The van der Waals surface area contributed by atoms with E-state index in [1.54, 1.807) is 31.6 Å². The van der Waals surface area contributed by atoms with Gasteiger partial charge in [0.05, 0.1) is 13.4 Å². The number of ether oxygens (including phenoxy) is 2. The van der Waals surface area contributed by atoms with Crippen LogP contribution in [0.3, 0.4) is 0 Å². The summed E-state index contributed by atoms with van der Waals surface area (Å²) in [5, 5.41) is 18.1. The summed E-state index contributed by atoms with van der Waals surface area (Å²) in [7, 11) is 1.55.